The van der Waals surface area contributed by atoms with Crippen molar-refractivity contribution >= 4 is 27.4 Å². The monoisotopic (exact) mass is 292 g/mol. The van der Waals surface area contributed by atoms with Gasteiger partial charge in [-0.1, -0.05) is 6.07 Å². The van der Waals surface area contributed by atoms with Gasteiger partial charge >= 0.3 is 5.97 Å². The predicted molar refractivity (Wildman–Crippen MR) is 75.1 cm³/mol. The molecule has 0 bridgehead atoms. The van der Waals surface area contributed by atoms with Crippen LogP contribution < -0.4 is 10.5 Å². The van der Waals surface area contributed by atoms with Gasteiger partial charge in [-0.25, -0.2) is 13.2 Å². The number of carbonyl (C=O) groups is 1. The summed E-state index contributed by atoms with van der Waals surface area (Å²) in [5.41, 5.74) is 6.14. The Labute approximate surface area is 115 Å². The Morgan fingerprint density at radius 1 is 1.10 bits per heavy atom. The van der Waals surface area contributed by atoms with E-state index in [9.17, 15) is 13.2 Å². The highest BCUT2D eigenvalue weighted by Gasteiger charge is 2.14. The fraction of sp³-hybridized carbons (Fsp3) is 0. The van der Waals surface area contributed by atoms with Crippen LogP contribution in [0.15, 0.2) is 53.4 Å². The molecule has 0 saturated carbocycles. The van der Waals surface area contributed by atoms with Crippen LogP contribution in [0, 0.1) is 0 Å². The third-order valence-electron chi connectivity index (χ3n) is 2.55. The highest BCUT2D eigenvalue weighted by atomic mass is 32.2. The molecule has 7 heteroatoms. The Kier molecular flexibility index (Phi) is 3.62. The number of carboxylic acids is 1. The summed E-state index contributed by atoms with van der Waals surface area (Å²) >= 11 is 0. The first-order valence-corrected chi connectivity index (χ1v) is 7.08. The quantitative estimate of drug-likeness (QED) is 0.744. The van der Waals surface area contributed by atoms with Crippen molar-refractivity contribution in [2.24, 2.45) is 0 Å². The number of anilines is 2. The minimum absolute atomic E-state index is 0.00232. The van der Waals surface area contributed by atoms with E-state index in [0.29, 0.717) is 5.69 Å². The number of benzene rings is 2. The van der Waals surface area contributed by atoms with Crippen LogP contribution in [0.25, 0.3) is 0 Å². The van der Waals surface area contributed by atoms with E-state index in [2.05, 4.69) is 4.72 Å². The first-order valence-electron chi connectivity index (χ1n) is 5.60. The van der Waals surface area contributed by atoms with E-state index in [1.54, 1.807) is 0 Å². The van der Waals surface area contributed by atoms with Crippen molar-refractivity contribution < 1.29 is 18.3 Å². The standard InChI is InChI=1S/C13H12N2O4S/c14-10-4-6-12(7-5-10)20(18,19)15-11-3-1-2-9(8-11)13(16)17/h1-8,15H,14H2,(H,16,17). The Morgan fingerprint density at radius 2 is 1.75 bits per heavy atom. The Hall–Kier alpha value is -2.54. The average Bonchev–Trinajstić information content (AvgIpc) is 2.39. The Bertz CT molecular complexity index is 739. The van der Waals surface area contributed by atoms with Gasteiger partial charge in [0.15, 0.2) is 0 Å². The maximum atomic E-state index is 12.1. The van der Waals surface area contributed by atoms with E-state index in [-0.39, 0.29) is 16.1 Å². The Morgan fingerprint density at radius 3 is 2.35 bits per heavy atom. The van der Waals surface area contributed by atoms with Gasteiger partial charge in [0.05, 0.1) is 10.5 Å². The smallest absolute Gasteiger partial charge is 0.335 e. The van der Waals surface area contributed by atoms with E-state index in [4.69, 9.17) is 10.8 Å². The van der Waals surface area contributed by atoms with E-state index >= 15 is 0 Å². The van der Waals surface area contributed by atoms with Crippen LogP contribution in [0.3, 0.4) is 0 Å². The molecule has 6 nitrogen and oxygen atoms in total. The van der Waals surface area contributed by atoms with Gasteiger partial charge in [0, 0.05) is 11.4 Å². The summed E-state index contributed by atoms with van der Waals surface area (Å²) in [6.07, 6.45) is 0. The first-order chi connectivity index (χ1) is 9.38. The number of nitrogens with one attached hydrogen (secondary N) is 1. The number of hydrogen-bond acceptors (Lipinski definition) is 4. The maximum Gasteiger partial charge on any atom is 0.335 e. The third kappa shape index (κ3) is 3.07. The molecular formula is C13H12N2O4S. The number of hydrogen-bond donors (Lipinski definition) is 3. The topological polar surface area (TPSA) is 109 Å². The summed E-state index contributed by atoms with van der Waals surface area (Å²) in [5, 5.41) is 8.86. The normalized spacial score (nSPS) is 11.0. The molecule has 2 rings (SSSR count). The first kappa shape index (κ1) is 13.9. The highest BCUT2D eigenvalue weighted by molar-refractivity contribution is 7.92. The molecule has 0 spiro atoms. The molecule has 0 aliphatic rings. The zero-order valence-corrected chi connectivity index (χ0v) is 11.1. The summed E-state index contributed by atoms with van der Waals surface area (Å²) in [6.45, 7) is 0. The number of rotatable bonds is 4. The van der Waals surface area contributed by atoms with Gasteiger partial charge in [0.25, 0.3) is 10.0 Å². The van der Waals surface area contributed by atoms with E-state index in [0.717, 1.165) is 0 Å². The highest BCUT2D eigenvalue weighted by Crippen LogP contribution is 2.18. The second-order valence-electron chi connectivity index (χ2n) is 4.06. The SMILES string of the molecule is Nc1ccc(S(=O)(=O)Nc2cccc(C(=O)O)c2)cc1. The molecular weight excluding hydrogens is 280 g/mol. The maximum absolute atomic E-state index is 12.1. The fourth-order valence-electron chi connectivity index (χ4n) is 1.58. The molecule has 0 amide bonds. The summed E-state index contributed by atoms with van der Waals surface area (Å²) in [6, 6.07) is 11.3. The lowest BCUT2D eigenvalue weighted by molar-refractivity contribution is 0.0697. The fourth-order valence-corrected chi connectivity index (χ4v) is 2.63. The molecule has 0 fully saturated rings. The van der Waals surface area contributed by atoms with Gasteiger partial charge in [-0.05, 0) is 42.5 Å². The summed E-state index contributed by atoms with van der Waals surface area (Å²) in [4.78, 5) is 10.9. The van der Waals surface area contributed by atoms with Crippen molar-refractivity contribution in [3.8, 4) is 0 Å². The molecule has 0 unspecified atom stereocenters. The van der Waals surface area contributed by atoms with Crippen molar-refractivity contribution in [1.82, 2.24) is 0 Å². The van der Waals surface area contributed by atoms with Crippen molar-refractivity contribution in [3.05, 3.63) is 54.1 Å². The average molecular weight is 292 g/mol. The zero-order chi connectivity index (χ0) is 14.8. The molecule has 0 aliphatic heterocycles. The van der Waals surface area contributed by atoms with E-state index < -0.39 is 16.0 Å². The van der Waals surface area contributed by atoms with Crippen LogP contribution in [-0.4, -0.2) is 19.5 Å². The van der Waals surface area contributed by atoms with Crippen LogP contribution in [0.4, 0.5) is 11.4 Å². The molecule has 4 N–H and O–H groups in total. The number of nitrogens with two attached hydrogens (primary N) is 1. The lowest BCUT2D eigenvalue weighted by Gasteiger charge is -2.08. The Balaban J connectivity index is 2.31. The van der Waals surface area contributed by atoms with Crippen LogP contribution >= 0.6 is 0 Å². The minimum Gasteiger partial charge on any atom is -0.478 e. The molecule has 2 aromatic rings. The van der Waals surface area contributed by atoms with Crippen LogP contribution in [0.2, 0.25) is 0 Å². The lowest BCUT2D eigenvalue weighted by Crippen LogP contribution is -2.13. The van der Waals surface area contributed by atoms with Crippen molar-refractivity contribution in [1.29, 1.82) is 0 Å². The summed E-state index contributed by atoms with van der Waals surface area (Å²) < 4.78 is 26.5. The van der Waals surface area contributed by atoms with Crippen molar-refractivity contribution in [3.63, 3.8) is 0 Å². The summed E-state index contributed by atoms with van der Waals surface area (Å²) in [7, 11) is -3.77. The zero-order valence-electron chi connectivity index (χ0n) is 10.3. The van der Waals surface area contributed by atoms with Crippen LogP contribution in [0.5, 0.6) is 0 Å². The van der Waals surface area contributed by atoms with Gasteiger partial charge in [0.1, 0.15) is 0 Å². The number of carboxylic acid groups (broad SMARTS) is 1. The number of sulfonamides is 1. The van der Waals surface area contributed by atoms with Gasteiger partial charge in [0.2, 0.25) is 0 Å². The largest absolute Gasteiger partial charge is 0.478 e. The molecule has 2 aromatic carbocycles. The minimum atomic E-state index is -3.77. The predicted octanol–water partition coefficient (Wildman–Crippen LogP) is 1.77. The van der Waals surface area contributed by atoms with Crippen molar-refractivity contribution in [2.45, 2.75) is 4.90 Å². The third-order valence-corrected chi connectivity index (χ3v) is 3.95. The molecule has 20 heavy (non-hydrogen) atoms. The molecule has 104 valence electrons. The number of nitrogen functional groups attached to an aromatic ring is 1. The van der Waals surface area contributed by atoms with Crippen LogP contribution in [-0.2, 0) is 10.0 Å². The molecule has 0 radical (unpaired) electrons. The second kappa shape index (κ2) is 5.22. The molecule has 0 atom stereocenters. The van der Waals surface area contributed by atoms with Crippen LogP contribution in [0.1, 0.15) is 10.4 Å². The lowest BCUT2D eigenvalue weighted by atomic mass is 10.2. The van der Waals surface area contributed by atoms with E-state index in [1.165, 1.54) is 48.5 Å². The van der Waals surface area contributed by atoms with Gasteiger partial charge < -0.3 is 10.8 Å². The number of aromatic carboxylic acids is 1. The molecule has 0 saturated heterocycles. The molecule has 0 heterocycles. The van der Waals surface area contributed by atoms with Gasteiger partial charge in [-0.2, -0.15) is 0 Å². The van der Waals surface area contributed by atoms with Crippen molar-refractivity contribution in [2.75, 3.05) is 10.5 Å². The molecule has 0 aromatic heterocycles. The van der Waals surface area contributed by atoms with Gasteiger partial charge in [-0.3, -0.25) is 4.72 Å². The summed E-state index contributed by atoms with van der Waals surface area (Å²) in [5.74, 6) is -1.13. The second-order valence-corrected chi connectivity index (χ2v) is 5.74. The molecule has 0 aliphatic carbocycles. The van der Waals surface area contributed by atoms with Gasteiger partial charge in [-0.15, -0.1) is 0 Å². The van der Waals surface area contributed by atoms with E-state index in [1.807, 2.05) is 0 Å².